The van der Waals surface area contributed by atoms with Gasteiger partial charge in [-0.2, -0.15) is 0 Å². The molecule has 1 fully saturated rings. The Kier molecular flexibility index (Phi) is 6.58. The van der Waals surface area contributed by atoms with Gasteiger partial charge in [-0.15, -0.1) is 0 Å². The lowest BCUT2D eigenvalue weighted by Crippen LogP contribution is -2.46. The molecule has 0 spiro atoms. The van der Waals surface area contributed by atoms with Crippen LogP contribution in [0.4, 0.5) is 0 Å². The lowest BCUT2D eigenvalue weighted by Gasteiger charge is -2.25. The topological polar surface area (TPSA) is 160 Å². The zero-order chi connectivity index (χ0) is 26.1. The van der Waals surface area contributed by atoms with Crippen LogP contribution in [0.5, 0.6) is 0 Å². The number of carbonyl (C=O) groups excluding carboxylic acids is 2. The molecule has 2 aromatic carbocycles. The van der Waals surface area contributed by atoms with E-state index in [4.69, 9.17) is 10.7 Å². The van der Waals surface area contributed by atoms with Crippen LogP contribution < -0.4 is 11.1 Å². The molecule has 190 valence electrons. The summed E-state index contributed by atoms with van der Waals surface area (Å²) in [6.07, 6.45) is 5.55. The SMILES string of the molecule is NC(=O)[C@H](CO)NC(=O)c1ccc2cc(-c3nc4cc(C(=O)O)ccc4n3C3CCCCC3)ccc2n1. The number of pyridine rings is 1. The molecule has 5 N–H and O–H groups in total. The minimum absolute atomic E-state index is 0.0931. The summed E-state index contributed by atoms with van der Waals surface area (Å²) in [6, 6.07) is 13.1. The largest absolute Gasteiger partial charge is 0.478 e. The summed E-state index contributed by atoms with van der Waals surface area (Å²) < 4.78 is 2.23. The van der Waals surface area contributed by atoms with Gasteiger partial charge in [-0.1, -0.05) is 25.3 Å². The Bertz CT molecular complexity index is 1520. The highest BCUT2D eigenvalue weighted by Gasteiger charge is 2.24. The molecule has 1 aliphatic carbocycles. The second-order valence-electron chi connectivity index (χ2n) is 9.32. The van der Waals surface area contributed by atoms with Gasteiger partial charge < -0.3 is 25.8 Å². The predicted molar refractivity (Wildman–Crippen MR) is 137 cm³/mol. The van der Waals surface area contributed by atoms with Crippen molar-refractivity contribution in [3.8, 4) is 11.4 Å². The van der Waals surface area contributed by atoms with Crippen molar-refractivity contribution in [1.82, 2.24) is 19.9 Å². The van der Waals surface area contributed by atoms with Crippen molar-refractivity contribution >= 4 is 39.7 Å². The molecule has 0 bridgehead atoms. The van der Waals surface area contributed by atoms with Crippen molar-refractivity contribution in [2.45, 2.75) is 44.2 Å². The summed E-state index contributed by atoms with van der Waals surface area (Å²) in [5, 5.41) is 21.9. The van der Waals surface area contributed by atoms with E-state index in [1.54, 1.807) is 30.3 Å². The van der Waals surface area contributed by atoms with Gasteiger partial charge >= 0.3 is 5.97 Å². The van der Waals surface area contributed by atoms with Crippen LogP contribution in [0.1, 0.15) is 59.0 Å². The highest BCUT2D eigenvalue weighted by atomic mass is 16.4. The molecule has 10 heteroatoms. The van der Waals surface area contributed by atoms with Gasteiger partial charge in [0.05, 0.1) is 28.7 Å². The molecule has 37 heavy (non-hydrogen) atoms. The molecular formula is C27H27N5O5. The summed E-state index contributed by atoms with van der Waals surface area (Å²) in [4.78, 5) is 44.6. The molecule has 2 heterocycles. The van der Waals surface area contributed by atoms with E-state index in [0.717, 1.165) is 48.0 Å². The number of primary amides is 1. The number of carboxylic acid groups (broad SMARTS) is 1. The third-order valence-electron chi connectivity index (χ3n) is 6.89. The molecular weight excluding hydrogens is 474 g/mol. The van der Waals surface area contributed by atoms with Gasteiger partial charge in [0.2, 0.25) is 5.91 Å². The highest BCUT2D eigenvalue weighted by molar-refractivity contribution is 5.98. The summed E-state index contributed by atoms with van der Waals surface area (Å²) in [5.41, 5.74) is 8.45. The molecule has 2 amide bonds. The lowest BCUT2D eigenvalue weighted by atomic mass is 9.94. The van der Waals surface area contributed by atoms with Crippen molar-refractivity contribution in [2.75, 3.05) is 6.61 Å². The molecule has 10 nitrogen and oxygen atoms in total. The second kappa shape index (κ2) is 9.98. The van der Waals surface area contributed by atoms with E-state index >= 15 is 0 Å². The molecule has 0 radical (unpaired) electrons. The first kappa shape index (κ1) is 24.4. The summed E-state index contributed by atoms with van der Waals surface area (Å²) in [5.74, 6) is -1.68. The van der Waals surface area contributed by atoms with Gasteiger partial charge in [0.25, 0.3) is 5.91 Å². The number of fused-ring (bicyclic) bond motifs is 2. The van der Waals surface area contributed by atoms with Gasteiger partial charge in [-0.3, -0.25) is 9.59 Å². The number of nitrogens with zero attached hydrogens (tertiary/aromatic N) is 3. The number of carbonyl (C=O) groups is 3. The van der Waals surface area contributed by atoms with Gasteiger partial charge in [0.1, 0.15) is 17.6 Å². The first-order valence-corrected chi connectivity index (χ1v) is 12.2. The highest BCUT2D eigenvalue weighted by Crippen LogP contribution is 2.36. The molecule has 1 saturated carbocycles. The molecule has 0 aliphatic heterocycles. The maximum Gasteiger partial charge on any atom is 0.335 e. The van der Waals surface area contributed by atoms with E-state index in [2.05, 4.69) is 14.9 Å². The van der Waals surface area contributed by atoms with E-state index in [1.807, 2.05) is 18.2 Å². The summed E-state index contributed by atoms with van der Waals surface area (Å²) in [7, 11) is 0. The second-order valence-corrected chi connectivity index (χ2v) is 9.32. The Morgan fingerprint density at radius 3 is 2.49 bits per heavy atom. The number of aliphatic hydroxyl groups is 1. The summed E-state index contributed by atoms with van der Waals surface area (Å²) >= 11 is 0. The Labute approximate surface area is 212 Å². The number of nitrogens with two attached hydrogens (primary N) is 1. The molecule has 0 unspecified atom stereocenters. The van der Waals surface area contributed by atoms with E-state index < -0.39 is 30.4 Å². The average molecular weight is 502 g/mol. The van der Waals surface area contributed by atoms with E-state index in [9.17, 15) is 24.6 Å². The van der Waals surface area contributed by atoms with Crippen LogP contribution in [0.3, 0.4) is 0 Å². The third kappa shape index (κ3) is 4.75. The monoisotopic (exact) mass is 501 g/mol. The first-order valence-electron chi connectivity index (χ1n) is 12.2. The Morgan fingerprint density at radius 2 is 1.78 bits per heavy atom. The van der Waals surface area contributed by atoms with Crippen molar-refractivity contribution in [1.29, 1.82) is 0 Å². The van der Waals surface area contributed by atoms with Crippen molar-refractivity contribution in [3.05, 3.63) is 59.8 Å². The number of hydrogen-bond donors (Lipinski definition) is 4. The first-order chi connectivity index (χ1) is 17.9. The Hall–Kier alpha value is -4.31. The quantitative estimate of drug-likeness (QED) is 0.303. The fourth-order valence-electron chi connectivity index (χ4n) is 4.97. The maximum absolute atomic E-state index is 12.5. The predicted octanol–water partition coefficient (Wildman–Crippen LogP) is 3.03. The van der Waals surface area contributed by atoms with E-state index in [0.29, 0.717) is 11.0 Å². The number of imidazole rings is 1. The van der Waals surface area contributed by atoms with Crippen molar-refractivity contribution < 1.29 is 24.6 Å². The fourth-order valence-corrected chi connectivity index (χ4v) is 4.97. The number of amides is 2. The number of aromatic carboxylic acids is 1. The van der Waals surface area contributed by atoms with Crippen molar-refractivity contribution in [2.24, 2.45) is 5.73 Å². The van der Waals surface area contributed by atoms with E-state index in [1.165, 1.54) is 6.42 Å². The van der Waals surface area contributed by atoms with Crippen LogP contribution in [0.2, 0.25) is 0 Å². The minimum Gasteiger partial charge on any atom is -0.478 e. The Balaban J connectivity index is 1.55. The average Bonchev–Trinajstić information content (AvgIpc) is 3.30. The smallest absolute Gasteiger partial charge is 0.335 e. The van der Waals surface area contributed by atoms with Gasteiger partial charge in [-0.05, 0) is 55.3 Å². The third-order valence-corrected chi connectivity index (χ3v) is 6.89. The van der Waals surface area contributed by atoms with Crippen LogP contribution >= 0.6 is 0 Å². The molecule has 2 aromatic heterocycles. The van der Waals surface area contributed by atoms with Crippen molar-refractivity contribution in [3.63, 3.8) is 0 Å². The number of carboxylic acids is 1. The van der Waals surface area contributed by atoms with Crippen LogP contribution in [0.15, 0.2) is 48.5 Å². The standard InChI is InChI=1S/C27H27N5O5/c28-24(34)22(14-33)31-26(35)20-10-6-15-12-16(7-9-19(15)29-20)25-30-21-13-17(27(36)37)8-11-23(21)32(25)18-4-2-1-3-5-18/h6-13,18,22,33H,1-5,14H2,(H2,28,34)(H,31,35)(H,36,37)/t22-/m0/s1. The maximum atomic E-state index is 12.5. The summed E-state index contributed by atoms with van der Waals surface area (Å²) in [6.45, 7) is -0.603. The van der Waals surface area contributed by atoms with E-state index in [-0.39, 0.29) is 17.3 Å². The van der Waals surface area contributed by atoms with Crippen LogP contribution in [0, 0.1) is 0 Å². The number of hydrogen-bond acceptors (Lipinski definition) is 6. The van der Waals surface area contributed by atoms with Crippen LogP contribution in [-0.4, -0.2) is 55.2 Å². The Morgan fingerprint density at radius 1 is 1.00 bits per heavy atom. The number of aliphatic hydroxyl groups excluding tert-OH is 1. The fraction of sp³-hybridized carbons (Fsp3) is 0.296. The minimum atomic E-state index is -1.19. The molecule has 1 atom stereocenters. The van der Waals surface area contributed by atoms with Gasteiger partial charge in [-0.25, -0.2) is 14.8 Å². The number of rotatable bonds is 7. The number of aromatic nitrogens is 3. The van der Waals surface area contributed by atoms with Crippen LogP contribution in [-0.2, 0) is 4.79 Å². The molecule has 1 aliphatic rings. The lowest BCUT2D eigenvalue weighted by molar-refractivity contribution is -0.120. The zero-order valence-electron chi connectivity index (χ0n) is 20.1. The van der Waals surface area contributed by atoms with Gasteiger partial charge in [0, 0.05) is 17.0 Å². The molecule has 5 rings (SSSR count). The molecule has 0 saturated heterocycles. The number of nitrogens with one attached hydrogen (secondary N) is 1. The number of benzene rings is 2. The molecule has 4 aromatic rings. The normalized spacial score (nSPS) is 15.1. The van der Waals surface area contributed by atoms with Gasteiger partial charge in [0.15, 0.2) is 0 Å². The van der Waals surface area contributed by atoms with Crippen LogP contribution in [0.25, 0.3) is 33.3 Å². The zero-order valence-corrected chi connectivity index (χ0v) is 20.1.